The van der Waals surface area contributed by atoms with Crippen LogP contribution in [0.4, 0.5) is 5.69 Å². The number of amides is 1. The van der Waals surface area contributed by atoms with Gasteiger partial charge in [-0.2, -0.15) is 0 Å². The second kappa shape index (κ2) is 7.32. The molecule has 0 fully saturated rings. The number of ether oxygens (including phenoxy) is 1. The molecular weight excluding hydrogens is 426 g/mol. The molecule has 28 heavy (non-hydrogen) atoms. The summed E-state index contributed by atoms with van der Waals surface area (Å²) in [4.78, 5) is 20.9. The topological polar surface area (TPSA) is 97.5 Å². The number of carbonyl (C=O) groups excluding carboxylic acids is 1. The first kappa shape index (κ1) is 18.0. The quantitative estimate of drug-likeness (QED) is 0.481. The number of oxazole rings is 1. The lowest BCUT2D eigenvalue weighted by atomic mass is 10.1. The third kappa shape index (κ3) is 3.41. The fraction of sp³-hybridized carbons (Fsp3) is 0.0500. The number of phenolic OH excluding ortho intramolecular Hbond substituents is 1. The Hall–Kier alpha value is -3.39. The maximum absolute atomic E-state index is 12.6. The zero-order chi connectivity index (χ0) is 19.7. The summed E-state index contributed by atoms with van der Waals surface area (Å²) in [7, 11) is 1.50. The lowest BCUT2D eigenvalue weighted by molar-refractivity contribution is 0.102. The van der Waals surface area contributed by atoms with Crippen LogP contribution in [0.3, 0.4) is 0 Å². The summed E-state index contributed by atoms with van der Waals surface area (Å²) in [5.74, 6) is 0.283. The molecule has 0 spiro atoms. The van der Waals surface area contributed by atoms with E-state index in [0.29, 0.717) is 33.7 Å². The van der Waals surface area contributed by atoms with E-state index in [1.807, 2.05) is 0 Å². The second-order valence-corrected chi connectivity index (χ2v) is 6.81. The Bertz CT molecular complexity index is 1160. The number of aromatic hydroxyl groups is 1. The highest BCUT2D eigenvalue weighted by molar-refractivity contribution is 9.10. The number of nitrogens with zero attached hydrogens (tertiary/aromatic N) is 2. The van der Waals surface area contributed by atoms with Crippen LogP contribution in [0, 0.1) is 0 Å². The van der Waals surface area contributed by atoms with E-state index in [0.717, 1.165) is 4.47 Å². The number of hydrogen-bond acceptors (Lipinski definition) is 6. The Kier molecular flexibility index (Phi) is 4.70. The maximum atomic E-state index is 12.6. The normalized spacial score (nSPS) is 10.8. The fourth-order valence-corrected chi connectivity index (χ4v) is 3.10. The van der Waals surface area contributed by atoms with E-state index < -0.39 is 0 Å². The zero-order valence-corrected chi connectivity index (χ0v) is 16.2. The summed E-state index contributed by atoms with van der Waals surface area (Å²) in [5.41, 5.74) is 2.37. The van der Waals surface area contributed by atoms with Crippen molar-refractivity contribution in [2.75, 3.05) is 12.4 Å². The van der Waals surface area contributed by atoms with E-state index >= 15 is 0 Å². The number of carbonyl (C=O) groups is 1. The number of pyridine rings is 1. The van der Waals surface area contributed by atoms with Crippen LogP contribution in [-0.4, -0.2) is 28.1 Å². The Balaban J connectivity index is 1.61. The van der Waals surface area contributed by atoms with Crippen LogP contribution < -0.4 is 10.1 Å². The van der Waals surface area contributed by atoms with Gasteiger partial charge in [0, 0.05) is 28.5 Å². The van der Waals surface area contributed by atoms with Crippen LogP contribution in [0.5, 0.6) is 11.5 Å². The van der Waals surface area contributed by atoms with Crippen molar-refractivity contribution in [1.82, 2.24) is 9.97 Å². The van der Waals surface area contributed by atoms with Crippen LogP contribution in [0.2, 0.25) is 0 Å². The lowest BCUT2D eigenvalue weighted by Crippen LogP contribution is -2.13. The first-order valence-corrected chi connectivity index (χ1v) is 9.03. The van der Waals surface area contributed by atoms with Gasteiger partial charge < -0.3 is 19.6 Å². The first-order chi connectivity index (χ1) is 13.5. The van der Waals surface area contributed by atoms with Gasteiger partial charge in [-0.15, -0.1) is 0 Å². The molecule has 0 aliphatic heterocycles. The molecule has 2 heterocycles. The van der Waals surface area contributed by atoms with Crippen molar-refractivity contribution in [3.05, 3.63) is 64.9 Å². The van der Waals surface area contributed by atoms with Gasteiger partial charge in [-0.05, 0) is 30.3 Å². The van der Waals surface area contributed by atoms with E-state index in [-0.39, 0.29) is 17.5 Å². The zero-order valence-electron chi connectivity index (χ0n) is 14.6. The van der Waals surface area contributed by atoms with Gasteiger partial charge in [0.2, 0.25) is 5.89 Å². The first-order valence-electron chi connectivity index (χ1n) is 8.24. The van der Waals surface area contributed by atoms with Crippen molar-refractivity contribution in [3.63, 3.8) is 0 Å². The third-order valence-corrected chi connectivity index (χ3v) is 4.58. The standard InChI is InChI=1S/C20H14BrN3O4/c1-27-17-5-2-11(21)8-14(17)19(26)23-12-3-4-13(16(25)9-12)20-24-15-10-22-7-6-18(15)28-20/h2-10,25H,1H3,(H,23,26). The molecule has 7 nitrogen and oxygen atoms in total. The minimum atomic E-state index is -0.363. The molecular formula is C20H14BrN3O4. The molecule has 0 aliphatic rings. The van der Waals surface area contributed by atoms with E-state index in [4.69, 9.17) is 9.15 Å². The SMILES string of the molecule is COc1ccc(Br)cc1C(=O)Nc1ccc(-c2nc3cnccc3o2)c(O)c1. The number of methoxy groups -OCH3 is 1. The van der Waals surface area contributed by atoms with Gasteiger partial charge in [0.15, 0.2) is 5.58 Å². The van der Waals surface area contributed by atoms with Gasteiger partial charge >= 0.3 is 0 Å². The number of fused-ring (bicyclic) bond motifs is 1. The average Bonchev–Trinajstić information content (AvgIpc) is 3.11. The predicted octanol–water partition coefficient (Wildman–Crippen LogP) is 4.62. The van der Waals surface area contributed by atoms with Gasteiger partial charge in [-0.1, -0.05) is 15.9 Å². The largest absolute Gasteiger partial charge is 0.507 e. The number of benzene rings is 2. The maximum Gasteiger partial charge on any atom is 0.259 e. The highest BCUT2D eigenvalue weighted by Crippen LogP contribution is 2.33. The Morgan fingerprint density at radius 2 is 2.07 bits per heavy atom. The number of hydrogen-bond donors (Lipinski definition) is 2. The fourth-order valence-electron chi connectivity index (χ4n) is 2.74. The predicted molar refractivity (Wildman–Crippen MR) is 108 cm³/mol. The number of halogens is 1. The van der Waals surface area contributed by atoms with Crippen molar-refractivity contribution >= 4 is 38.6 Å². The highest BCUT2D eigenvalue weighted by atomic mass is 79.9. The molecule has 0 bridgehead atoms. The molecule has 2 aromatic carbocycles. The van der Waals surface area contributed by atoms with Crippen LogP contribution in [-0.2, 0) is 0 Å². The molecule has 0 saturated heterocycles. The van der Waals surface area contributed by atoms with Crippen molar-refractivity contribution < 1.29 is 19.1 Å². The van der Waals surface area contributed by atoms with Gasteiger partial charge in [0.05, 0.1) is 24.4 Å². The number of anilines is 1. The molecule has 0 unspecified atom stereocenters. The molecule has 0 saturated carbocycles. The monoisotopic (exact) mass is 439 g/mol. The Morgan fingerprint density at radius 3 is 2.82 bits per heavy atom. The Labute approximate surface area is 168 Å². The van der Waals surface area contributed by atoms with Crippen LogP contribution in [0.15, 0.2) is 63.7 Å². The molecule has 1 amide bonds. The number of phenols is 1. The summed E-state index contributed by atoms with van der Waals surface area (Å²) < 4.78 is 11.6. The third-order valence-electron chi connectivity index (χ3n) is 4.08. The summed E-state index contributed by atoms with van der Waals surface area (Å²) in [6.07, 6.45) is 3.19. The van der Waals surface area contributed by atoms with Crippen LogP contribution in [0.25, 0.3) is 22.6 Å². The van der Waals surface area contributed by atoms with Gasteiger partial charge in [0.1, 0.15) is 17.0 Å². The number of nitrogens with one attached hydrogen (secondary N) is 1. The second-order valence-electron chi connectivity index (χ2n) is 5.89. The van der Waals surface area contributed by atoms with Gasteiger partial charge in [-0.3, -0.25) is 9.78 Å². The minimum absolute atomic E-state index is 0.0708. The van der Waals surface area contributed by atoms with E-state index in [1.165, 1.54) is 13.2 Å². The average molecular weight is 440 g/mol. The summed E-state index contributed by atoms with van der Waals surface area (Å²) in [5, 5.41) is 13.1. The van der Waals surface area contributed by atoms with Crippen LogP contribution >= 0.6 is 15.9 Å². The summed E-state index contributed by atoms with van der Waals surface area (Å²) in [6.45, 7) is 0. The summed E-state index contributed by atoms with van der Waals surface area (Å²) >= 11 is 3.34. The van der Waals surface area contributed by atoms with Crippen molar-refractivity contribution in [3.8, 4) is 23.0 Å². The van der Waals surface area contributed by atoms with E-state index in [2.05, 4.69) is 31.2 Å². The minimum Gasteiger partial charge on any atom is -0.507 e. The van der Waals surface area contributed by atoms with E-state index in [9.17, 15) is 9.90 Å². The number of aromatic nitrogens is 2. The molecule has 2 N–H and O–H groups in total. The van der Waals surface area contributed by atoms with Crippen molar-refractivity contribution in [2.45, 2.75) is 0 Å². The molecule has 8 heteroatoms. The molecule has 0 radical (unpaired) electrons. The van der Waals surface area contributed by atoms with E-state index in [1.54, 1.807) is 48.8 Å². The van der Waals surface area contributed by atoms with Gasteiger partial charge in [-0.25, -0.2) is 4.98 Å². The highest BCUT2D eigenvalue weighted by Gasteiger charge is 2.16. The molecule has 140 valence electrons. The van der Waals surface area contributed by atoms with Crippen LogP contribution in [0.1, 0.15) is 10.4 Å². The molecule has 4 aromatic rings. The molecule has 4 rings (SSSR count). The Morgan fingerprint density at radius 1 is 1.21 bits per heavy atom. The van der Waals surface area contributed by atoms with Crippen molar-refractivity contribution in [2.24, 2.45) is 0 Å². The van der Waals surface area contributed by atoms with Gasteiger partial charge in [0.25, 0.3) is 5.91 Å². The summed E-state index contributed by atoms with van der Waals surface area (Å²) in [6, 6.07) is 11.6. The smallest absolute Gasteiger partial charge is 0.259 e. The molecule has 0 aliphatic carbocycles. The number of rotatable bonds is 4. The molecule has 0 atom stereocenters. The van der Waals surface area contributed by atoms with Crippen molar-refractivity contribution in [1.29, 1.82) is 0 Å². The molecule has 2 aromatic heterocycles. The lowest BCUT2D eigenvalue weighted by Gasteiger charge is -2.11.